The third-order valence-corrected chi connectivity index (χ3v) is 6.62. The lowest BCUT2D eigenvalue weighted by molar-refractivity contribution is -0.136. The molecule has 4 N–H and O–H groups in total. The van der Waals surface area contributed by atoms with E-state index in [0.717, 1.165) is 28.1 Å². The highest BCUT2D eigenvalue weighted by Crippen LogP contribution is 2.35. The molecule has 1 aromatic heterocycles. The van der Waals surface area contributed by atoms with Gasteiger partial charge in [0.25, 0.3) is 0 Å². The van der Waals surface area contributed by atoms with Gasteiger partial charge in [-0.05, 0) is 61.4 Å². The highest BCUT2D eigenvalue weighted by Gasteiger charge is 2.31. The molecule has 0 unspecified atom stereocenters. The quantitative estimate of drug-likeness (QED) is 0.437. The molecule has 2 aliphatic heterocycles. The van der Waals surface area contributed by atoms with Crippen LogP contribution in [-0.4, -0.2) is 63.1 Å². The number of anilines is 3. The van der Waals surface area contributed by atoms with Crippen molar-refractivity contribution in [3.63, 3.8) is 0 Å². The molecular formula is C27H29N7O3. The summed E-state index contributed by atoms with van der Waals surface area (Å²) in [6, 6.07) is 12.8. The van der Waals surface area contributed by atoms with Crippen molar-refractivity contribution in [3.8, 4) is 17.7 Å². The maximum absolute atomic E-state index is 13.0. The molecule has 0 aliphatic carbocycles. The number of hydrogen-bond acceptors (Lipinski definition) is 9. The van der Waals surface area contributed by atoms with E-state index in [2.05, 4.69) is 11.4 Å². The summed E-state index contributed by atoms with van der Waals surface area (Å²) in [6.45, 7) is 6.05. The molecule has 1 amide bonds. The summed E-state index contributed by atoms with van der Waals surface area (Å²) in [6.07, 6.45) is 0.210. The summed E-state index contributed by atoms with van der Waals surface area (Å²) in [5.74, 6) is 1.42. The van der Waals surface area contributed by atoms with Crippen LogP contribution in [0.3, 0.4) is 0 Å². The number of fused-ring (bicyclic) bond motifs is 1. The van der Waals surface area contributed by atoms with Gasteiger partial charge in [0.1, 0.15) is 5.75 Å². The minimum atomic E-state index is -0.350. The van der Waals surface area contributed by atoms with Crippen LogP contribution in [-0.2, 0) is 17.8 Å². The Kier molecular flexibility index (Phi) is 6.65. The number of aliphatic hydroxyl groups is 1. The molecule has 0 saturated carbocycles. The molecule has 2 aliphatic rings. The second-order valence-corrected chi connectivity index (χ2v) is 9.59. The van der Waals surface area contributed by atoms with Crippen molar-refractivity contribution in [1.82, 2.24) is 19.8 Å². The molecule has 3 heterocycles. The van der Waals surface area contributed by atoms with Gasteiger partial charge in [-0.3, -0.25) is 9.69 Å². The lowest BCUT2D eigenvalue weighted by Gasteiger charge is -2.37. The molecular weight excluding hydrogens is 470 g/mol. The van der Waals surface area contributed by atoms with E-state index in [1.165, 1.54) is 0 Å². The van der Waals surface area contributed by atoms with Crippen molar-refractivity contribution in [2.45, 2.75) is 32.9 Å². The Balaban J connectivity index is 1.45. The molecule has 0 atom stereocenters. The number of carbonyl (C=O) groups is 1. The number of aryl methyl sites for hydroxylation is 2. The number of nitrogens with two attached hydrogens (primary N) is 1. The fourth-order valence-corrected chi connectivity index (χ4v) is 4.70. The maximum Gasteiger partial charge on any atom is 0.237 e. The number of rotatable bonds is 6. The number of nitrogens with one attached hydrogen (secondary N) is 1. The maximum atomic E-state index is 13.0. The zero-order chi connectivity index (χ0) is 26.1. The molecule has 10 nitrogen and oxygen atoms in total. The number of β-amino-alcohol motifs (C(OH)–C–C–N with tert-alkyl or cyclic N) is 1. The van der Waals surface area contributed by atoms with Gasteiger partial charge in [-0.15, -0.1) is 0 Å². The van der Waals surface area contributed by atoms with Gasteiger partial charge < -0.3 is 25.8 Å². The Labute approximate surface area is 215 Å². The van der Waals surface area contributed by atoms with Gasteiger partial charge in [-0.2, -0.15) is 10.2 Å². The molecule has 2 aromatic carbocycles. The monoisotopic (exact) mass is 499 g/mol. The van der Waals surface area contributed by atoms with E-state index < -0.39 is 0 Å². The molecule has 3 aromatic rings. The molecule has 0 bridgehead atoms. The standard InChI is InChI=1S/C27H29N7O3/c1-16-9-19(29)10-17(2)25(16)37-26-22-14-34(24(36)15-33-12-21(35)13-33)8-7-23(22)31-27(32-26)30-20-5-3-18(11-28)4-6-20/h3-6,9-10,21,35H,7-8,12-15,29H2,1-2H3,(H,30,31,32). The van der Waals surface area contributed by atoms with Crippen LogP contribution in [0.25, 0.3) is 0 Å². The van der Waals surface area contributed by atoms with Crippen LogP contribution in [0.5, 0.6) is 11.6 Å². The lowest BCUT2D eigenvalue weighted by atomic mass is 10.1. The summed E-state index contributed by atoms with van der Waals surface area (Å²) in [7, 11) is 0. The summed E-state index contributed by atoms with van der Waals surface area (Å²) >= 11 is 0. The van der Waals surface area contributed by atoms with Gasteiger partial charge in [0.05, 0.1) is 42.1 Å². The number of hydrogen-bond donors (Lipinski definition) is 3. The minimum Gasteiger partial charge on any atom is -0.438 e. The Morgan fingerprint density at radius 3 is 2.57 bits per heavy atom. The first-order valence-corrected chi connectivity index (χ1v) is 12.2. The fraction of sp³-hybridized carbons (Fsp3) is 0.333. The van der Waals surface area contributed by atoms with Crippen molar-refractivity contribution >= 4 is 23.2 Å². The van der Waals surface area contributed by atoms with E-state index in [9.17, 15) is 9.90 Å². The van der Waals surface area contributed by atoms with Gasteiger partial charge in [-0.1, -0.05) is 0 Å². The first kappa shape index (κ1) is 24.5. The number of amides is 1. The Bertz CT molecular complexity index is 1350. The largest absolute Gasteiger partial charge is 0.438 e. The first-order valence-electron chi connectivity index (χ1n) is 12.2. The van der Waals surface area contributed by atoms with Gasteiger partial charge in [0, 0.05) is 37.4 Å². The summed E-state index contributed by atoms with van der Waals surface area (Å²) in [5.41, 5.74) is 11.3. The zero-order valence-corrected chi connectivity index (χ0v) is 20.9. The number of aromatic nitrogens is 2. The van der Waals surface area contributed by atoms with E-state index in [1.54, 1.807) is 29.2 Å². The third kappa shape index (κ3) is 5.33. The van der Waals surface area contributed by atoms with Gasteiger partial charge in [0.15, 0.2) is 0 Å². The van der Waals surface area contributed by atoms with Crippen LogP contribution in [0.4, 0.5) is 17.3 Å². The van der Waals surface area contributed by atoms with E-state index in [0.29, 0.717) is 61.4 Å². The van der Waals surface area contributed by atoms with Crippen LogP contribution >= 0.6 is 0 Å². The third-order valence-electron chi connectivity index (χ3n) is 6.62. The summed E-state index contributed by atoms with van der Waals surface area (Å²) in [5, 5.41) is 21.8. The van der Waals surface area contributed by atoms with E-state index in [1.807, 2.05) is 30.9 Å². The predicted molar refractivity (Wildman–Crippen MR) is 138 cm³/mol. The fourth-order valence-electron chi connectivity index (χ4n) is 4.70. The van der Waals surface area contributed by atoms with Crippen molar-refractivity contribution < 1.29 is 14.6 Å². The number of likely N-dealkylation sites (tertiary alicyclic amines) is 1. The lowest BCUT2D eigenvalue weighted by Crippen LogP contribution is -2.54. The Morgan fingerprint density at radius 1 is 1.22 bits per heavy atom. The number of ether oxygens (including phenoxy) is 1. The van der Waals surface area contributed by atoms with Crippen LogP contribution in [0.2, 0.25) is 0 Å². The second kappa shape index (κ2) is 10.0. The molecule has 1 fully saturated rings. The van der Waals surface area contributed by atoms with E-state index in [4.69, 9.17) is 25.7 Å². The van der Waals surface area contributed by atoms with Crippen LogP contribution in [0.1, 0.15) is 27.9 Å². The van der Waals surface area contributed by atoms with Crippen molar-refractivity contribution in [2.75, 3.05) is 37.2 Å². The van der Waals surface area contributed by atoms with Crippen LogP contribution in [0.15, 0.2) is 36.4 Å². The molecule has 1 saturated heterocycles. The minimum absolute atomic E-state index is 0.00290. The molecule has 190 valence electrons. The number of carbonyl (C=O) groups excluding carboxylic acids is 1. The van der Waals surface area contributed by atoms with Gasteiger partial charge >= 0.3 is 0 Å². The number of benzene rings is 2. The Hall–Kier alpha value is -4.20. The molecule has 10 heteroatoms. The number of nitriles is 1. The number of nitrogen functional groups attached to an aromatic ring is 1. The van der Waals surface area contributed by atoms with Gasteiger partial charge in [0.2, 0.25) is 17.7 Å². The average Bonchev–Trinajstić information content (AvgIpc) is 2.85. The zero-order valence-electron chi connectivity index (χ0n) is 20.9. The van der Waals surface area contributed by atoms with Crippen molar-refractivity contribution in [3.05, 3.63) is 64.3 Å². The summed E-state index contributed by atoms with van der Waals surface area (Å²) in [4.78, 5) is 26.1. The highest BCUT2D eigenvalue weighted by molar-refractivity contribution is 5.79. The smallest absolute Gasteiger partial charge is 0.237 e. The van der Waals surface area contributed by atoms with Crippen LogP contribution < -0.4 is 15.8 Å². The molecule has 37 heavy (non-hydrogen) atoms. The van der Waals surface area contributed by atoms with E-state index >= 15 is 0 Å². The van der Waals surface area contributed by atoms with Crippen LogP contribution in [0, 0.1) is 25.2 Å². The average molecular weight is 500 g/mol. The highest BCUT2D eigenvalue weighted by atomic mass is 16.5. The topological polar surface area (TPSA) is 141 Å². The number of aliphatic hydroxyl groups excluding tert-OH is 1. The summed E-state index contributed by atoms with van der Waals surface area (Å²) < 4.78 is 6.39. The molecule has 5 rings (SSSR count). The SMILES string of the molecule is Cc1cc(N)cc(C)c1Oc1nc(Nc2ccc(C#N)cc2)nc2c1CN(C(=O)CN1CC(O)C1)CC2. The second-order valence-electron chi connectivity index (χ2n) is 9.59. The van der Waals surface area contributed by atoms with Crippen molar-refractivity contribution in [1.29, 1.82) is 5.26 Å². The predicted octanol–water partition coefficient (Wildman–Crippen LogP) is 2.64. The van der Waals surface area contributed by atoms with E-state index in [-0.39, 0.29) is 18.6 Å². The first-order chi connectivity index (χ1) is 17.8. The molecule has 0 spiro atoms. The molecule has 0 radical (unpaired) electrons. The van der Waals surface area contributed by atoms with Crippen molar-refractivity contribution in [2.24, 2.45) is 0 Å². The normalized spacial score (nSPS) is 15.5. The Morgan fingerprint density at radius 2 is 1.92 bits per heavy atom. The van der Waals surface area contributed by atoms with Gasteiger partial charge in [-0.25, -0.2) is 4.98 Å². The number of nitrogens with zero attached hydrogens (tertiary/aromatic N) is 5.